The van der Waals surface area contributed by atoms with Gasteiger partial charge in [0.2, 0.25) is 0 Å². The number of benzene rings is 3. The first-order chi connectivity index (χ1) is 14.0. The SMILES string of the molecule is CCN(Cc1cccc(F)c1)C(=O)COC(=O)c1cc2ccccc2cc1OC. The number of hydrogen-bond acceptors (Lipinski definition) is 4. The normalized spacial score (nSPS) is 10.6. The number of carbonyl (C=O) groups is 2. The maximum atomic E-state index is 13.4. The minimum absolute atomic E-state index is 0.240. The van der Waals surface area contributed by atoms with Crippen molar-refractivity contribution >= 4 is 22.6 Å². The zero-order valence-electron chi connectivity index (χ0n) is 16.4. The summed E-state index contributed by atoms with van der Waals surface area (Å²) in [7, 11) is 1.48. The molecule has 0 saturated carbocycles. The van der Waals surface area contributed by atoms with E-state index in [0.717, 1.165) is 10.8 Å². The average molecular weight is 395 g/mol. The maximum Gasteiger partial charge on any atom is 0.342 e. The standard InChI is InChI=1S/C23H22FNO4/c1-3-25(14-16-7-6-10-19(24)11-16)22(26)15-29-23(27)20-12-17-8-4-5-9-18(17)13-21(20)28-2/h4-13H,3,14-15H2,1-2H3. The van der Waals surface area contributed by atoms with Gasteiger partial charge in [0.15, 0.2) is 6.61 Å². The van der Waals surface area contributed by atoms with Crippen molar-refractivity contribution in [2.75, 3.05) is 20.3 Å². The lowest BCUT2D eigenvalue weighted by Gasteiger charge is -2.21. The molecule has 5 nitrogen and oxygen atoms in total. The highest BCUT2D eigenvalue weighted by Gasteiger charge is 2.19. The zero-order chi connectivity index (χ0) is 20.8. The summed E-state index contributed by atoms with van der Waals surface area (Å²) in [4.78, 5) is 26.6. The van der Waals surface area contributed by atoms with Gasteiger partial charge in [0.05, 0.1) is 7.11 Å². The summed E-state index contributed by atoms with van der Waals surface area (Å²) in [5.41, 5.74) is 0.926. The van der Waals surface area contributed by atoms with Gasteiger partial charge < -0.3 is 14.4 Å². The molecule has 0 radical (unpaired) electrons. The van der Waals surface area contributed by atoms with Gasteiger partial charge in [-0.15, -0.1) is 0 Å². The Morgan fingerprint density at radius 3 is 2.38 bits per heavy atom. The van der Waals surface area contributed by atoms with Crippen LogP contribution in [0.2, 0.25) is 0 Å². The Balaban J connectivity index is 1.69. The van der Waals surface area contributed by atoms with Gasteiger partial charge >= 0.3 is 5.97 Å². The van der Waals surface area contributed by atoms with Gasteiger partial charge in [-0.25, -0.2) is 9.18 Å². The summed E-state index contributed by atoms with van der Waals surface area (Å²) >= 11 is 0. The minimum Gasteiger partial charge on any atom is -0.496 e. The van der Waals surface area contributed by atoms with Crippen molar-refractivity contribution < 1.29 is 23.5 Å². The number of nitrogens with zero attached hydrogens (tertiary/aromatic N) is 1. The van der Waals surface area contributed by atoms with Crippen LogP contribution in [0.15, 0.2) is 60.7 Å². The zero-order valence-corrected chi connectivity index (χ0v) is 16.4. The summed E-state index contributed by atoms with van der Waals surface area (Å²) in [6, 6.07) is 17.1. The highest BCUT2D eigenvalue weighted by Crippen LogP contribution is 2.26. The van der Waals surface area contributed by atoms with Crippen molar-refractivity contribution in [3.63, 3.8) is 0 Å². The number of carbonyl (C=O) groups excluding carboxylic acids is 2. The van der Waals surface area contributed by atoms with Crippen LogP contribution in [0.1, 0.15) is 22.8 Å². The fourth-order valence-corrected chi connectivity index (χ4v) is 3.08. The molecule has 0 aromatic heterocycles. The second-order valence-electron chi connectivity index (χ2n) is 6.51. The van der Waals surface area contributed by atoms with Gasteiger partial charge in [-0.2, -0.15) is 0 Å². The van der Waals surface area contributed by atoms with E-state index in [4.69, 9.17) is 9.47 Å². The Hall–Kier alpha value is -3.41. The molecule has 0 aliphatic carbocycles. The van der Waals surface area contributed by atoms with Crippen LogP contribution in [0, 0.1) is 5.82 Å². The number of methoxy groups -OCH3 is 1. The van der Waals surface area contributed by atoms with E-state index in [1.54, 1.807) is 24.3 Å². The maximum absolute atomic E-state index is 13.4. The van der Waals surface area contributed by atoms with Crippen LogP contribution in [0.3, 0.4) is 0 Å². The number of hydrogen-bond donors (Lipinski definition) is 0. The van der Waals surface area contributed by atoms with E-state index < -0.39 is 12.6 Å². The molecule has 0 aliphatic rings. The molecule has 0 fully saturated rings. The van der Waals surface area contributed by atoms with E-state index in [1.807, 2.05) is 31.2 Å². The highest BCUT2D eigenvalue weighted by atomic mass is 19.1. The van der Waals surface area contributed by atoms with Crippen LogP contribution < -0.4 is 4.74 Å². The monoisotopic (exact) mass is 395 g/mol. The molecule has 6 heteroatoms. The number of rotatable bonds is 7. The predicted octanol–water partition coefficient (Wildman–Crippen LogP) is 4.19. The summed E-state index contributed by atoms with van der Waals surface area (Å²) in [6.07, 6.45) is 0. The van der Waals surface area contributed by atoms with Crippen molar-refractivity contribution in [3.05, 3.63) is 77.6 Å². The lowest BCUT2D eigenvalue weighted by Crippen LogP contribution is -2.34. The molecule has 29 heavy (non-hydrogen) atoms. The number of likely N-dealkylation sites (N-methyl/N-ethyl adjacent to an activating group) is 1. The number of ether oxygens (including phenoxy) is 2. The van der Waals surface area contributed by atoms with Crippen LogP contribution >= 0.6 is 0 Å². The lowest BCUT2D eigenvalue weighted by molar-refractivity contribution is -0.134. The predicted molar refractivity (Wildman–Crippen MR) is 108 cm³/mol. The first kappa shape index (κ1) is 20.3. The molecule has 0 aliphatic heterocycles. The van der Waals surface area contributed by atoms with Crippen molar-refractivity contribution in [2.45, 2.75) is 13.5 Å². The van der Waals surface area contributed by atoms with E-state index in [1.165, 1.54) is 24.1 Å². The smallest absolute Gasteiger partial charge is 0.342 e. The van der Waals surface area contributed by atoms with Crippen LogP contribution in [-0.4, -0.2) is 37.0 Å². The van der Waals surface area contributed by atoms with Crippen molar-refractivity contribution in [1.29, 1.82) is 0 Å². The molecular weight excluding hydrogens is 373 g/mol. The van der Waals surface area contributed by atoms with Gasteiger partial charge in [-0.1, -0.05) is 36.4 Å². The number of amides is 1. The van der Waals surface area contributed by atoms with Gasteiger partial charge in [-0.05, 0) is 47.5 Å². The largest absolute Gasteiger partial charge is 0.496 e. The van der Waals surface area contributed by atoms with Crippen molar-refractivity contribution in [1.82, 2.24) is 4.90 Å². The number of halogens is 1. The molecule has 3 aromatic carbocycles. The third-order valence-electron chi connectivity index (χ3n) is 4.61. The summed E-state index contributed by atoms with van der Waals surface area (Å²) < 4.78 is 23.9. The molecule has 0 spiro atoms. The minimum atomic E-state index is -0.636. The molecule has 150 valence electrons. The molecule has 0 atom stereocenters. The third kappa shape index (κ3) is 4.90. The first-order valence-electron chi connectivity index (χ1n) is 9.28. The Bertz CT molecular complexity index is 1030. The van der Waals surface area contributed by atoms with Crippen molar-refractivity contribution in [3.8, 4) is 5.75 Å². The molecule has 0 bridgehead atoms. The van der Waals surface area contributed by atoms with Crippen LogP contribution in [0.5, 0.6) is 5.75 Å². The number of fused-ring (bicyclic) bond motifs is 1. The van der Waals surface area contributed by atoms with E-state index in [0.29, 0.717) is 17.9 Å². The van der Waals surface area contributed by atoms with Crippen molar-refractivity contribution in [2.24, 2.45) is 0 Å². The number of esters is 1. The Labute approximate surface area is 168 Å². The summed E-state index contributed by atoms with van der Waals surface area (Å²) in [5.74, 6) is -0.971. The second-order valence-corrected chi connectivity index (χ2v) is 6.51. The highest BCUT2D eigenvalue weighted by molar-refractivity contribution is 5.99. The van der Waals surface area contributed by atoms with Crippen LogP contribution in [-0.2, 0) is 16.1 Å². The van der Waals surface area contributed by atoms with Gasteiger partial charge in [0.1, 0.15) is 17.1 Å². The van der Waals surface area contributed by atoms with Gasteiger partial charge in [0.25, 0.3) is 5.91 Å². The molecular formula is C23H22FNO4. The van der Waals surface area contributed by atoms with E-state index in [2.05, 4.69) is 0 Å². The molecule has 0 heterocycles. The fraction of sp³-hybridized carbons (Fsp3) is 0.217. The lowest BCUT2D eigenvalue weighted by atomic mass is 10.1. The van der Waals surface area contributed by atoms with Crippen LogP contribution in [0.4, 0.5) is 4.39 Å². The Morgan fingerprint density at radius 1 is 1.00 bits per heavy atom. The topological polar surface area (TPSA) is 55.8 Å². The molecule has 3 aromatic rings. The van der Waals surface area contributed by atoms with Crippen LogP contribution in [0.25, 0.3) is 10.8 Å². The molecule has 1 amide bonds. The third-order valence-corrected chi connectivity index (χ3v) is 4.61. The molecule has 0 unspecified atom stereocenters. The second kappa shape index (κ2) is 9.19. The van der Waals surface area contributed by atoms with Gasteiger partial charge in [0, 0.05) is 13.1 Å². The quantitative estimate of drug-likeness (QED) is 0.563. The van der Waals surface area contributed by atoms with Gasteiger partial charge in [-0.3, -0.25) is 4.79 Å². The fourth-order valence-electron chi connectivity index (χ4n) is 3.08. The average Bonchev–Trinajstić information content (AvgIpc) is 2.74. The van der Waals surface area contributed by atoms with E-state index >= 15 is 0 Å². The summed E-state index contributed by atoms with van der Waals surface area (Å²) in [5, 5.41) is 1.80. The summed E-state index contributed by atoms with van der Waals surface area (Å²) in [6.45, 7) is 2.06. The molecule has 0 N–H and O–H groups in total. The first-order valence-corrected chi connectivity index (χ1v) is 9.28. The Kier molecular flexibility index (Phi) is 6.44. The Morgan fingerprint density at radius 2 is 1.72 bits per heavy atom. The van der Waals surface area contributed by atoms with E-state index in [-0.39, 0.29) is 23.8 Å². The molecule has 0 saturated heterocycles. The molecule has 3 rings (SSSR count). The van der Waals surface area contributed by atoms with E-state index in [9.17, 15) is 14.0 Å².